The summed E-state index contributed by atoms with van der Waals surface area (Å²) in [6.45, 7) is 22.2. The van der Waals surface area contributed by atoms with Crippen molar-refractivity contribution in [2.75, 3.05) is 26.4 Å². The lowest BCUT2D eigenvalue weighted by Crippen LogP contribution is -2.61. The second-order valence-electron chi connectivity index (χ2n) is 13.6. The first kappa shape index (κ1) is 21.2. The molecule has 2 heterocycles. The molecule has 8 rings (SSSR count). The molecule has 4 bridgehead atoms. The van der Waals surface area contributed by atoms with Crippen LogP contribution < -0.4 is 0 Å². The average Bonchev–Trinajstić information content (AvgIpc) is 3.58. The quantitative estimate of drug-likeness (QED) is 0.443. The number of ether oxygens (including phenoxy) is 4. The van der Waals surface area contributed by atoms with Crippen molar-refractivity contribution in [2.24, 2.45) is 57.2 Å². The van der Waals surface area contributed by atoms with E-state index >= 15 is 0 Å². The maximum Gasteiger partial charge on any atom is 0.187 e. The summed E-state index contributed by atoms with van der Waals surface area (Å²) in [5.41, 5.74) is 5.68. The van der Waals surface area contributed by atoms with Crippen molar-refractivity contribution < 1.29 is 18.9 Å². The Morgan fingerprint density at radius 3 is 1.50 bits per heavy atom. The molecule has 4 heteroatoms. The van der Waals surface area contributed by atoms with E-state index in [0.29, 0.717) is 61.9 Å². The normalized spacial score (nSPS) is 58.8. The Morgan fingerprint density at radius 1 is 0.559 bits per heavy atom. The van der Waals surface area contributed by atoms with Gasteiger partial charge in [0.2, 0.25) is 0 Å². The molecule has 2 spiro atoms. The van der Waals surface area contributed by atoms with Gasteiger partial charge in [-0.1, -0.05) is 62.1 Å². The van der Waals surface area contributed by atoms with Crippen molar-refractivity contribution in [3.05, 3.63) is 34.4 Å². The van der Waals surface area contributed by atoms with Gasteiger partial charge in [-0.15, -0.1) is 0 Å². The lowest BCUT2D eigenvalue weighted by Gasteiger charge is -2.64. The van der Waals surface area contributed by atoms with E-state index in [1.807, 2.05) is 0 Å². The predicted octanol–water partition coefficient (Wildman–Crippen LogP) is 5.51. The van der Waals surface area contributed by atoms with Crippen LogP contribution in [0.25, 0.3) is 0 Å². The van der Waals surface area contributed by atoms with Gasteiger partial charge in [0.25, 0.3) is 0 Å². The van der Waals surface area contributed by atoms with Gasteiger partial charge >= 0.3 is 0 Å². The molecular formula is C30H40O4. The molecule has 0 amide bonds. The van der Waals surface area contributed by atoms with E-state index in [0.717, 1.165) is 0 Å². The molecule has 0 aromatic carbocycles. The molecule has 10 atom stereocenters. The summed E-state index contributed by atoms with van der Waals surface area (Å²) in [5, 5.41) is 0. The van der Waals surface area contributed by atoms with Crippen molar-refractivity contribution in [1.29, 1.82) is 0 Å². The molecule has 0 radical (unpaired) electrons. The van der Waals surface area contributed by atoms with Gasteiger partial charge in [0.1, 0.15) is 0 Å². The highest BCUT2D eigenvalue weighted by molar-refractivity contribution is 5.53. The zero-order valence-corrected chi connectivity index (χ0v) is 22.1. The van der Waals surface area contributed by atoms with E-state index in [4.69, 9.17) is 18.9 Å². The van der Waals surface area contributed by atoms with E-state index in [1.165, 1.54) is 22.3 Å². The molecule has 0 unspecified atom stereocenters. The zero-order valence-electron chi connectivity index (χ0n) is 22.1. The highest BCUT2D eigenvalue weighted by atomic mass is 16.7. The van der Waals surface area contributed by atoms with Gasteiger partial charge in [0.05, 0.1) is 26.4 Å². The van der Waals surface area contributed by atoms with Gasteiger partial charge < -0.3 is 18.9 Å². The van der Waals surface area contributed by atoms with E-state index in [2.05, 4.69) is 67.5 Å². The highest BCUT2D eigenvalue weighted by Crippen LogP contribution is 2.89. The average molecular weight is 465 g/mol. The molecule has 3 saturated carbocycles. The van der Waals surface area contributed by atoms with Gasteiger partial charge in [-0.2, -0.15) is 0 Å². The second-order valence-corrected chi connectivity index (χ2v) is 13.6. The van der Waals surface area contributed by atoms with Crippen LogP contribution in [0.3, 0.4) is 0 Å². The smallest absolute Gasteiger partial charge is 0.187 e. The lowest BCUT2D eigenvalue weighted by molar-refractivity contribution is -0.252. The van der Waals surface area contributed by atoms with Crippen LogP contribution in [-0.4, -0.2) is 38.0 Å². The minimum Gasteiger partial charge on any atom is -0.346 e. The summed E-state index contributed by atoms with van der Waals surface area (Å²) in [7, 11) is 0. The summed E-state index contributed by atoms with van der Waals surface area (Å²) in [6, 6.07) is 0. The van der Waals surface area contributed by atoms with Crippen LogP contribution in [0.5, 0.6) is 0 Å². The van der Waals surface area contributed by atoms with Crippen molar-refractivity contribution in [1.82, 2.24) is 0 Å². The first-order valence-electron chi connectivity index (χ1n) is 13.6. The van der Waals surface area contributed by atoms with Crippen LogP contribution in [-0.2, 0) is 18.9 Å². The van der Waals surface area contributed by atoms with Gasteiger partial charge in [0.15, 0.2) is 11.6 Å². The molecule has 34 heavy (non-hydrogen) atoms. The minimum absolute atomic E-state index is 0.0629. The summed E-state index contributed by atoms with van der Waals surface area (Å²) >= 11 is 0. The number of allylic oxidation sites excluding steroid dienone is 2. The Labute approximate surface area is 204 Å². The molecular weight excluding hydrogens is 424 g/mol. The summed E-state index contributed by atoms with van der Waals surface area (Å²) in [5.74, 6) is 2.22. The van der Waals surface area contributed by atoms with Crippen molar-refractivity contribution >= 4 is 0 Å². The number of hydrogen-bond acceptors (Lipinski definition) is 4. The molecule has 4 nitrogen and oxygen atoms in total. The molecule has 0 aromatic heterocycles. The van der Waals surface area contributed by atoms with E-state index in [-0.39, 0.29) is 21.7 Å². The molecule has 2 saturated heterocycles. The van der Waals surface area contributed by atoms with Crippen molar-refractivity contribution in [2.45, 2.75) is 67.0 Å². The fourth-order valence-electron chi connectivity index (χ4n) is 12.4. The van der Waals surface area contributed by atoms with Gasteiger partial charge in [-0.25, -0.2) is 0 Å². The highest BCUT2D eigenvalue weighted by Gasteiger charge is 2.90. The van der Waals surface area contributed by atoms with Gasteiger partial charge in [-0.05, 0) is 63.2 Å². The molecule has 8 aliphatic rings. The molecule has 5 fully saturated rings. The third-order valence-corrected chi connectivity index (χ3v) is 14.0. The Kier molecular flexibility index (Phi) is 3.42. The van der Waals surface area contributed by atoms with Crippen LogP contribution >= 0.6 is 0 Å². The standard InChI is InChI=1S/C30H40O4/c1-15-16(2)27(7)23-20(25(15,5)29(27)31-11-12-32-29)10-9-19-21(23)24-22(19)26(6)17(3)18(4)28(24,8)30(26)33-13-14-34-30/h9-10,19-24H,11-14H2,1-8H3/t19-,20-,21-,22-,23-,24+,25-,26+,27-,28+/m0/s1. The van der Waals surface area contributed by atoms with E-state index in [9.17, 15) is 0 Å². The summed E-state index contributed by atoms with van der Waals surface area (Å²) in [4.78, 5) is 0. The van der Waals surface area contributed by atoms with Crippen molar-refractivity contribution in [3.63, 3.8) is 0 Å². The first-order valence-corrected chi connectivity index (χ1v) is 13.6. The molecule has 2 aliphatic heterocycles. The first-order chi connectivity index (χ1) is 16.0. The molecule has 0 N–H and O–H groups in total. The second kappa shape index (κ2) is 5.49. The Balaban J connectivity index is 1.35. The maximum absolute atomic E-state index is 6.73. The van der Waals surface area contributed by atoms with E-state index in [1.54, 1.807) is 0 Å². The predicted molar refractivity (Wildman–Crippen MR) is 129 cm³/mol. The third-order valence-electron chi connectivity index (χ3n) is 14.0. The topological polar surface area (TPSA) is 36.9 Å². The Hall–Kier alpha value is -0.940. The molecule has 6 aliphatic carbocycles. The Morgan fingerprint density at radius 2 is 0.971 bits per heavy atom. The molecule has 184 valence electrons. The maximum atomic E-state index is 6.73. The fourth-order valence-corrected chi connectivity index (χ4v) is 12.4. The third kappa shape index (κ3) is 1.47. The minimum atomic E-state index is -0.533. The van der Waals surface area contributed by atoms with Crippen LogP contribution in [0.15, 0.2) is 34.4 Å². The van der Waals surface area contributed by atoms with Crippen LogP contribution in [0.4, 0.5) is 0 Å². The van der Waals surface area contributed by atoms with Gasteiger partial charge in [-0.3, -0.25) is 0 Å². The number of rotatable bonds is 0. The zero-order chi connectivity index (χ0) is 23.8. The fraction of sp³-hybridized carbons (Fsp3) is 0.800. The van der Waals surface area contributed by atoms with Crippen LogP contribution in [0.1, 0.15) is 55.4 Å². The van der Waals surface area contributed by atoms with Gasteiger partial charge in [0, 0.05) is 21.7 Å². The number of fused-ring (bicyclic) bond motifs is 10. The van der Waals surface area contributed by atoms with Crippen molar-refractivity contribution in [3.8, 4) is 0 Å². The van der Waals surface area contributed by atoms with E-state index < -0.39 is 11.6 Å². The monoisotopic (exact) mass is 464 g/mol. The van der Waals surface area contributed by atoms with Crippen LogP contribution in [0.2, 0.25) is 0 Å². The summed E-state index contributed by atoms with van der Waals surface area (Å²) < 4.78 is 26.9. The SMILES string of the molecule is CC1=C(C)[C@@]2(C)[C@H]3C=C[C@H]4[C@@H]([C@H]3[C@@]1(C)C21OCCO1)[C@@H]1[C@H]4[C@@]2(C)C(C)=C(C)[C@@]1(C)C21OCCO1. The Bertz CT molecular complexity index is 1130. The van der Waals surface area contributed by atoms with Crippen LogP contribution in [0, 0.1) is 57.2 Å². The summed E-state index contributed by atoms with van der Waals surface area (Å²) in [6.07, 6.45) is 5.19. The lowest BCUT2D eigenvalue weighted by atomic mass is 9.38. The largest absolute Gasteiger partial charge is 0.346 e. The molecule has 0 aromatic rings. The number of hydrogen-bond donors (Lipinski definition) is 0.